The fourth-order valence-electron chi connectivity index (χ4n) is 2.68. The lowest BCUT2D eigenvalue weighted by Gasteiger charge is -2.18. The molecule has 0 spiro atoms. The Morgan fingerprint density at radius 2 is 2.35 bits per heavy atom. The number of nitrogens with zero attached hydrogens (tertiary/aromatic N) is 1. The summed E-state index contributed by atoms with van der Waals surface area (Å²) in [6, 6.07) is 5.73. The lowest BCUT2D eigenvalue weighted by atomic mass is 10.1. The lowest BCUT2D eigenvalue weighted by Crippen LogP contribution is -2.30. The van der Waals surface area contributed by atoms with E-state index >= 15 is 0 Å². The van der Waals surface area contributed by atoms with E-state index in [9.17, 15) is 4.79 Å². The Morgan fingerprint density at radius 1 is 1.53 bits per heavy atom. The van der Waals surface area contributed by atoms with E-state index < -0.39 is 0 Å². The van der Waals surface area contributed by atoms with Crippen LogP contribution in [0.4, 0.5) is 5.69 Å². The molecule has 1 aliphatic heterocycles. The van der Waals surface area contributed by atoms with Gasteiger partial charge in [-0.2, -0.15) is 0 Å². The topological polar surface area (TPSA) is 55.6 Å². The van der Waals surface area contributed by atoms with Crippen LogP contribution in [0.1, 0.15) is 23.2 Å². The zero-order valence-electron chi connectivity index (χ0n) is 9.85. The molecule has 1 amide bonds. The van der Waals surface area contributed by atoms with Gasteiger partial charge >= 0.3 is 0 Å². The summed E-state index contributed by atoms with van der Waals surface area (Å²) in [4.78, 5) is 14.2. The Balaban J connectivity index is 1.83. The molecular weight excluding hydrogens is 216 g/mol. The van der Waals surface area contributed by atoms with E-state index in [0.29, 0.717) is 23.0 Å². The van der Waals surface area contributed by atoms with Gasteiger partial charge in [-0.05, 0) is 37.0 Å². The van der Waals surface area contributed by atoms with Gasteiger partial charge in [0.2, 0.25) is 0 Å². The highest BCUT2D eigenvalue weighted by atomic mass is 16.5. The van der Waals surface area contributed by atoms with Crippen LogP contribution in [-0.4, -0.2) is 30.5 Å². The van der Waals surface area contributed by atoms with Gasteiger partial charge < -0.3 is 15.4 Å². The molecule has 0 aromatic heterocycles. The fraction of sp³-hybridized carbons (Fsp3) is 0.462. The highest BCUT2D eigenvalue weighted by Crippen LogP contribution is 2.45. The molecule has 2 fully saturated rings. The lowest BCUT2D eigenvalue weighted by molar-refractivity contribution is 0.0768. The van der Waals surface area contributed by atoms with Gasteiger partial charge in [0, 0.05) is 18.2 Å². The van der Waals surface area contributed by atoms with Crippen molar-refractivity contribution in [2.24, 2.45) is 5.92 Å². The van der Waals surface area contributed by atoms with Crippen LogP contribution in [0.25, 0.3) is 0 Å². The van der Waals surface area contributed by atoms with Gasteiger partial charge in [-0.15, -0.1) is 0 Å². The highest BCUT2D eigenvalue weighted by molar-refractivity contribution is 5.96. The van der Waals surface area contributed by atoms with Crippen molar-refractivity contribution in [3.8, 4) is 5.75 Å². The number of carbonyl (C=O) groups is 1. The van der Waals surface area contributed by atoms with Crippen LogP contribution >= 0.6 is 0 Å². The quantitative estimate of drug-likeness (QED) is 0.786. The molecule has 1 heterocycles. The molecule has 1 aromatic rings. The number of nitrogen functional groups attached to an aromatic ring is 1. The summed E-state index contributed by atoms with van der Waals surface area (Å²) in [6.45, 7) is 0.889. The van der Waals surface area contributed by atoms with Gasteiger partial charge in [0.25, 0.3) is 5.91 Å². The van der Waals surface area contributed by atoms with E-state index in [-0.39, 0.29) is 5.91 Å². The molecule has 1 aliphatic carbocycles. The van der Waals surface area contributed by atoms with Crippen LogP contribution in [0.3, 0.4) is 0 Å². The summed E-state index contributed by atoms with van der Waals surface area (Å²) in [5, 5.41) is 0. The monoisotopic (exact) mass is 232 g/mol. The number of hydrogen-bond donors (Lipinski definition) is 1. The molecule has 3 rings (SSSR count). The number of methoxy groups -OCH3 is 1. The summed E-state index contributed by atoms with van der Waals surface area (Å²) >= 11 is 0. The van der Waals surface area contributed by atoms with Crippen LogP contribution < -0.4 is 10.5 Å². The number of benzene rings is 1. The van der Waals surface area contributed by atoms with Crippen molar-refractivity contribution >= 4 is 11.6 Å². The molecule has 4 nitrogen and oxygen atoms in total. The predicted molar refractivity (Wildman–Crippen MR) is 65.0 cm³/mol. The largest absolute Gasteiger partial charge is 0.495 e. The number of anilines is 1. The maximum absolute atomic E-state index is 12.3. The van der Waals surface area contributed by atoms with Crippen LogP contribution in [0, 0.1) is 5.92 Å². The molecule has 2 N–H and O–H groups in total. The van der Waals surface area contributed by atoms with E-state index in [2.05, 4.69) is 0 Å². The van der Waals surface area contributed by atoms with Gasteiger partial charge in [0.15, 0.2) is 0 Å². The summed E-state index contributed by atoms with van der Waals surface area (Å²) in [5.41, 5.74) is 7.00. The zero-order chi connectivity index (χ0) is 12.0. The van der Waals surface area contributed by atoms with Crippen molar-refractivity contribution in [1.82, 2.24) is 4.90 Å². The smallest absolute Gasteiger partial charge is 0.254 e. The molecule has 1 saturated heterocycles. The van der Waals surface area contributed by atoms with Crippen LogP contribution in [-0.2, 0) is 0 Å². The Morgan fingerprint density at radius 3 is 2.88 bits per heavy atom. The predicted octanol–water partition coefficient (Wildman–Crippen LogP) is 1.51. The summed E-state index contributed by atoms with van der Waals surface area (Å²) in [5.74, 6) is 1.48. The molecule has 2 aliphatic rings. The van der Waals surface area contributed by atoms with Gasteiger partial charge in [-0.25, -0.2) is 0 Å². The van der Waals surface area contributed by atoms with Crippen LogP contribution in [0.15, 0.2) is 18.2 Å². The second-order valence-corrected chi connectivity index (χ2v) is 4.81. The Kier molecular flexibility index (Phi) is 2.24. The van der Waals surface area contributed by atoms with E-state index in [0.717, 1.165) is 18.9 Å². The summed E-state index contributed by atoms with van der Waals surface area (Å²) in [6.07, 6.45) is 2.33. The SMILES string of the molecule is COc1ccc(C(=O)N2CCC3CC32)cc1N. The first-order chi connectivity index (χ1) is 8.20. The number of hydrogen-bond acceptors (Lipinski definition) is 3. The highest BCUT2D eigenvalue weighted by Gasteiger charge is 2.48. The molecule has 0 bridgehead atoms. The van der Waals surface area contributed by atoms with Crippen molar-refractivity contribution < 1.29 is 9.53 Å². The number of rotatable bonds is 2. The van der Waals surface area contributed by atoms with Gasteiger partial charge in [-0.1, -0.05) is 0 Å². The first-order valence-electron chi connectivity index (χ1n) is 5.95. The summed E-state index contributed by atoms with van der Waals surface area (Å²) < 4.78 is 5.08. The van der Waals surface area contributed by atoms with Crippen molar-refractivity contribution in [3.63, 3.8) is 0 Å². The van der Waals surface area contributed by atoms with Crippen LogP contribution in [0.5, 0.6) is 5.75 Å². The molecular formula is C13H16N2O2. The number of nitrogens with two attached hydrogens (primary N) is 1. The van der Waals surface area contributed by atoms with Crippen molar-refractivity contribution in [1.29, 1.82) is 0 Å². The minimum Gasteiger partial charge on any atom is -0.495 e. The minimum atomic E-state index is 0.101. The third-order valence-electron chi connectivity index (χ3n) is 3.76. The fourth-order valence-corrected chi connectivity index (χ4v) is 2.68. The number of fused-ring (bicyclic) bond motifs is 1. The average molecular weight is 232 g/mol. The molecule has 0 radical (unpaired) electrons. The molecule has 1 saturated carbocycles. The average Bonchev–Trinajstić information content (AvgIpc) is 3.00. The number of amides is 1. The molecule has 2 unspecified atom stereocenters. The molecule has 2 atom stereocenters. The first-order valence-corrected chi connectivity index (χ1v) is 5.95. The number of likely N-dealkylation sites (tertiary alicyclic amines) is 1. The van der Waals surface area contributed by atoms with Crippen molar-refractivity contribution in [3.05, 3.63) is 23.8 Å². The maximum Gasteiger partial charge on any atom is 0.254 e. The second kappa shape index (κ2) is 3.65. The molecule has 17 heavy (non-hydrogen) atoms. The number of piperidine rings is 1. The van der Waals surface area contributed by atoms with Crippen molar-refractivity contribution in [2.45, 2.75) is 18.9 Å². The van der Waals surface area contributed by atoms with Crippen LogP contribution in [0.2, 0.25) is 0 Å². The third-order valence-corrected chi connectivity index (χ3v) is 3.76. The van der Waals surface area contributed by atoms with E-state index in [4.69, 9.17) is 10.5 Å². The maximum atomic E-state index is 12.3. The standard InChI is InChI=1S/C13H16N2O2/c1-17-12-3-2-9(6-10(12)14)13(16)15-5-4-8-7-11(8)15/h2-3,6,8,11H,4-5,7,14H2,1H3. The van der Waals surface area contributed by atoms with E-state index in [1.165, 1.54) is 6.42 Å². The normalized spacial score (nSPS) is 25.6. The molecule has 1 aromatic carbocycles. The second-order valence-electron chi connectivity index (χ2n) is 4.81. The molecule has 4 heteroatoms. The first kappa shape index (κ1) is 10.4. The third kappa shape index (κ3) is 1.64. The van der Waals surface area contributed by atoms with Gasteiger partial charge in [0.05, 0.1) is 12.8 Å². The van der Waals surface area contributed by atoms with E-state index in [1.54, 1.807) is 25.3 Å². The Labute approximate surface area is 100 Å². The van der Waals surface area contributed by atoms with Gasteiger partial charge in [0.1, 0.15) is 5.75 Å². The minimum absolute atomic E-state index is 0.101. The zero-order valence-corrected chi connectivity index (χ0v) is 9.85. The van der Waals surface area contributed by atoms with Gasteiger partial charge in [-0.3, -0.25) is 4.79 Å². The number of carbonyl (C=O) groups excluding carboxylic acids is 1. The Hall–Kier alpha value is -1.71. The van der Waals surface area contributed by atoms with E-state index in [1.807, 2.05) is 4.90 Å². The molecule has 90 valence electrons. The van der Waals surface area contributed by atoms with Crippen molar-refractivity contribution in [2.75, 3.05) is 19.4 Å². The summed E-state index contributed by atoms with van der Waals surface area (Å²) in [7, 11) is 1.57. The Bertz CT molecular complexity index is 472. The number of ether oxygens (including phenoxy) is 1.